The summed E-state index contributed by atoms with van der Waals surface area (Å²) in [6.07, 6.45) is 0. The van der Waals surface area contributed by atoms with Gasteiger partial charge in [-0.25, -0.2) is 0 Å². The number of aromatic nitrogens is 1. The summed E-state index contributed by atoms with van der Waals surface area (Å²) in [6.45, 7) is 0. The van der Waals surface area contributed by atoms with E-state index in [-0.39, 0.29) is 5.84 Å². The third-order valence-electron chi connectivity index (χ3n) is 3.18. The SMILES string of the molecule is N=C(N)c1ccc2cc(-c3ccccc3N)[nH]c2c1. The molecule has 0 atom stereocenters. The number of fused-ring (bicyclic) bond motifs is 1. The van der Waals surface area contributed by atoms with Gasteiger partial charge in [-0.2, -0.15) is 0 Å². The van der Waals surface area contributed by atoms with E-state index in [0.29, 0.717) is 5.56 Å². The summed E-state index contributed by atoms with van der Waals surface area (Å²) in [4.78, 5) is 3.32. The zero-order chi connectivity index (χ0) is 13.4. The van der Waals surface area contributed by atoms with Gasteiger partial charge in [0.25, 0.3) is 0 Å². The number of nitrogens with two attached hydrogens (primary N) is 2. The highest BCUT2D eigenvalue weighted by Gasteiger charge is 2.07. The molecular weight excluding hydrogens is 236 g/mol. The largest absolute Gasteiger partial charge is 0.398 e. The minimum absolute atomic E-state index is 0.0669. The summed E-state index contributed by atoms with van der Waals surface area (Å²) in [5, 5.41) is 8.53. The lowest BCUT2D eigenvalue weighted by atomic mass is 10.1. The maximum Gasteiger partial charge on any atom is 0.122 e. The van der Waals surface area contributed by atoms with Crippen molar-refractivity contribution in [1.29, 1.82) is 5.41 Å². The van der Waals surface area contributed by atoms with E-state index in [1.165, 1.54) is 0 Å². The lowest BCUT2D eigenvalue weighted by Gasteiger charge is -2.01. The van der Waals surface area contributed by atoms with E-state index in [1.807, 2.05) is 48.5 Å². The maximum absolute atomic E-state index is 7.46. The van der Waals surface area contributed by atoms with Crippen LogP contribution in [0.25, 0.3) is 22.2 Å². The number of nitrogen functional groups attached to an aromatic ring is 2. The Morgan fingerprint density at radius 1 is 1.05 bits per heavy atom. The first-order chi connectivity index (χ1) is 9.15. The van der Waals surface area contributed by atoms with Crippen molar-refractivity contribution in [3.8, 4) is 11.3 Å². The van der Waals surface area contributed by atoms with Crippen LogP contribution in [0.2, 0.25) is 0 Å². The number of hydrogen-bond acceptors (Lipinski definition) is 2. The third kappa shape index (κ3) is 1.93. The Morgan fingerprint density at radius 3 is 2.58 bits per heavy atom. The van der Waals surface area contributed by atoms with Gasteiger partial charge in [0.05, 0.1) is 0 Å². The Balaban J connectivity index is 2.17. The summed E-state index contributed by atoms with van der Waals surface area (Å²) in [5.41, 5.74) is 15.8. The molecule has 6 N–H and O–H groups in total. The molecule has 0 aliphatic heterocycles. The summed E-state index contributed by atoms with van der Waals surface area (Å²) in [6, 6.07) is 15.4. The van der Waals surface area contributed by atoms with Gasteiger partial charge < -0.3 is 16.5 Å². The predicted molar refractivity (Wildman–Crippen MR) is 79.2 cm³/mol. The van der Waals surface area contributed by atoms with Crippen LogP contribution in [0.1, 0.15) is 5.56 Å². The van der Waals surface area contributed by atoms with Gasteiger partial charge in [-0.1, -0.05) is 30.3 Å². The summed E-state index contributed by atoms with van der Waals surface area (Å²) in [7, 11) is 0. The molecule has 3 rings (SSSR count). The molecule has 4 heteroatoms. The average Bonchev–Trinajstić information content (AvgIpc) is 2.81. The van der Waals surface area contributed by atoms with Gasteiger partial charge in [0, 0.05) is 33.4 Å². The molecule has 94 valence electrons. The molecule has 4 nitrogen and oxygen atoms in total. The molecule has 0 amide bonds. The molecule has 0 aliphatic carbocycles. The summed E-state index contributed by atoms with van der Waals surface area (Å²) < 4.78 is 0. The molecule has 0 spiro atoms. The number of hydrogen-bond donors (Lipinski definition) is 4. The summed E-state index contributed by atoms with van der Waals surface area (Å²) >= 11 is 0. The molecular formula is C15H14N4. The molecule has 1 heterocycles. The molecule has 0 unspecified atom stereocenters. The number of amidine groups is 1. The van der Waals surface area contributed by atoms with Crippen LogP contribution in [0.15, 0.2) is 48.5 Å². The lowest BCUT2D eigenvalue weighted by Crippen LogP contribution is -2.10. The van der Waals surface area contributed by atoms with Crippen molar-refractivity contribution >= 4 is 22.4 Å². The molecule has 0 saturated heterocycles. The van der Waals surface area contributed by atoms with Crippen molar-refractivity contribution in [3.63, 3.8) is 0 Å². The predicted octanol–water partition coefficient (Wildman–Crippen LogP) is 2.70. The van der Waals surface area contributed by atoms with Crippen LogP contribution < -0.4 is 11.5 Å². The Morgan fingerprint density at radius 2 is 1.84 bits per heavy atom. The number of benzene rings is 2. The Hall–Kier alpha value is -2.75. The third-order valence-corrected chi connectivity index (χ3v) is 3.18. The van der Waals surface area contributed by atoms with Crippen LogP contribution >= 0.6 is 0 Å². The molecule has 19 heavy (non-hydrogen) atoms. The van der Waals surface area contributed by atoms with Crippen LogP contribution in [-0.2, 0) is 0 Å². The van der Waals surface area contributed by atoms with Crippen molar-refractivity contribution in [2.45, 2.75) is 0 Å². The molecule has 0 radical (unpaired) electrons. The van der Waals surface area contributed by atoms with Crippen LogP contribution in [0.5, 0.6) is 0 Å². The van der Waals surface area contributed by atoms with E-state index in [2.05, 4.69) is 4.98 Å². The highest BCUT2D eigenvalue weighted by atomic mass is 14.7. The fourth-order valence-electron chi connectivity index (χ4n) is 2.18. The van der Waals surface area contributed by atoms with E-state index >= 15 is 0 Å². The van der Waals surface area contributed by atoms with E-state index in [0.717, 1.165) is 27.8 Å². The number of para-hydroxylation sites is 1. The smallest absolute Gasteiger partial charge is 0.122 e. The average molecular weight is 250 g/mol. The van der Waals surface area contributed by atoms with Crippen LogP contribution in [0, 0.1) is 5.41 Å². The molecule has 0 saturated carbocycles. The van der Waals surface area contributed by atoms with Crippen molar-refractivity contribution < 1.29 is 0 Å². The van der Waals surface area contributed by atoms with Gasteiger partial charge in [-0.05, 0) is 18.2 Å². The molecule has 2 aromatic carbocycles. The highest BCUT2D eigenvalue weighted by molar-refractivity contribution is 5.99. The van der Waals surface area contributed by atoms with E-state index in [4.69, 9.17) is 16.9 Å². The number of aromatic amines is 1. The van der Waals surface area contributed by atoms with Crippen molar-refractivity contribution in [2.24, 2.45) is 5.73 Å². The maximum atomic E-state index is 7.46. The van der Waals surface area contributed by atoms with Gasteiger partial charge >= 0.3 is 0 Å². The number of anilines is 1. The van der Waals surface area contributed by atoms with E-state index in [1.54, 1.807) is 0 Å². The fraction of sp³-hybridized carbons (Fsp3) is 0. The second-order valence-corrected chi connectivity index (χ2v) is 4.49. The molecule has 0 fully saturated rings. The Bertz CT molecular complexity index is 771. The molecule has 0 aliphatic rings. The fourth-order valence-corrected chi connectivity index (χ4v) is 2.18. The minimum Gasteiger partial charge on any atom is -0.398 e. The second kappa shape index (κ2) is 4.17. The monoisotopic (exact) mass is 250 g/mol. The Labute approximate surface area is 110 Å². The first-order valence-electron chi connectivity index (χ1n) is 5.97. The van der Waals surface area contributed by atoms with Gasteiger partial charge in [0.1, 0.15) is 5.84 Å². The molecule has 1 aromatic heterocycles. The van der Waals surface area contributed by atoms with Gasteiger partial charge in [-0.15, -0.1) is 0 Å². The highest BCUT2D eigenvalue weighted by Crippen LogP contribution is 2.28. The van der Waals surface area contributed by atoms with Crippen LogP contribution in [0.4, 0.5) is 5.69 Å². The van der Waals surface area contributed by atoms with Crippen molar-refractivity contribution in [1.82, 2.24) is 4.98 Å². The van der Waals surface area contributed by atoms with Crippen LogP contribution in [-0.4, -0.2) is 10.8 Å². The zero-order valence-corrected chi connectivity index (χ0v) is 10.3. The number of H-pyrrole nitrogens is 1. The zero-order valence-electron chi connectivity index (χ0n) is 10.3. The normalized spacial score (nSPS) is 10.7. The van der Waals surface area contributed by atoms with Gasteiger partial charge in [-0.3, -0.25) is 5.41 Å². The molecule has 3 aromatic rings. The van der Waals surface area contributed by atoms with Gasteiger partial charge in [0.15, 0.2) is 0 Å². The van der Waals surface area contributed by atoms with Crippen molar-refractivity contribution in [2.75, 3.05) is 5.73 Å². The van der Waals surface area contributed by atoms with Crippen molar-refractivity contribution in [3.05, 3.63) is 54.1 Å². The first-order valence-corrected chi connectivity index (χ1v) is 5.97. The lowest BCUT2D eigenvalue weighted by molar-refractivity contribution is 1.42. The second-order valence-electron chi connectivity index (χ2n) is 4.49. The molecule has 0 bridgehead atoms. The number of rotatable bonds is 2. The quantitative estimate of drug-likeness (QED) is 0.320. The Kier molecular flexibility index (Phi) is 2.49. The first kappa shape index (κ1) is 11.3. The standard InChI is InChI=1S/C15H14N4/c16-12-4-2-1-3-11(12)14-7-9-5-6-10(15(17)18)8-13(9)19-14/h1-8,19H,16H2,(H3,17,18). The topological polar surface area (TPSA) is 91.7 Å². The van der Waals surface area contributed by atoms with E-state index in [9.17, 15) is 0 Å². The van der Waals surface area contributed by atoms with Gasteiger partial charge in [0.2, 0.25) is 0 Å². The van der Waals surface area contributed by atoms with E-state index < -0.39 is 0 Å². The summed E-state index contributed by atoms with van der Waals surface area (Å²) in [5.74, 6) is 0.0669. The minimum atomic E-state index is 0.0669. The van der Waals surface area contributed by atoms with Crippen LogP contribution in [0.3, 0.4) is 0 Å². The number of nitrogens with one attached hydrogen (secondary N) is 2.